The molecule has 0 N–H and O–H groups in total. The third-order valence-corrected chi connectivity index (χ3v) is 6.01. The maximum absolute atomic E-state index is 12.6. The van der Waals surface area contributed by atoms with Crippen LogP contribution in [0.4, 0.5) is 0 Å². The molecular weight excluding hydrogens is 330 g/mol. The minimum atomic E-state index is 0.246. The molecule has 2 aliphatic rings. The number of hydrogen-bond donors (Lipinski definition) is 0. The highest BCUT2D eigenvalue weighted by Crippen LogP contribution is 2.32. The molecule has 25 heavy (non-hydrogen) atoms. The van der Waals surface area contributed by atoms with Gasteiger partial charge >= 0.3 is 0 Å². The maximum Gasteiger partial charge on any atom is 0.233 e. The summed E-state index contributed by atoms with van der Waals surface area (Å²) in [6.07, 6.45) is 6.90. The van der Waals surface area contributed by atoms with Crippen LogP contribution in [0, 0.1) is 0 Å². The van der Waals surface area contributed by atoms with E-state index in [9.17, 15) is 4.79 Å². The Balaban J connectivity index is 1.58. The molecule has 0 atom stereocenters. The molecular formula is C20H25N3OS. The van der Waals surface area contributed by atoms with Crippen LogP contribution in [0.15, 0.2) is 35.5 Å². The molecule has 1 saturated carbocycles. The van der Waals surface area contributed by atoms with Crippen molar-refractivity contribution >= 4 is 17.7 Å². The molecule has 132 valence electrons. The van der Waals surface area contributed by atoms with Gasteiger partial charge in [0.1, 0.15) is 0 Å². The van der Waals surface area contributed by atoms with Crippen LogP contribution in [0.3, 0.4) is 0 Å². The molecule has 4 nitrogen and oxygen atoms in total. The van der Waals surface area contributed by atoms with Crippen molar-refractivity contribution < 1.29 is 4.79 Å². The van der Waals surface area contributed by atoms with Crippen LogP contribution in [-0.2, 0) is 17.6 Å². The Bertz CT molecular complexity index is 752. The lowest BCUT2D eigenvalue weighted by molar-refractivity contribution is -0.128. The first-order valence-electron chi connectivity index (χ1n) is 9.36. The number of hydrogen-bond acceptors (Lipinski definition) is 3. The van der Waals surface area contributed by atoms with E-state index >= 15 is 0 Å². The zero-order valence-corrected chi connectivity index (χ0v) is 15.6. The van der Waals surface area contributed by atoms with E-state index in [1.165, 1.54) is 24.2 Å². The Hall–Kier alpha value is -1.75. The highest BCUT2D eigenvalue weighted by Gasteiger charge is 2.31. The lowest BCUT2D eigenvalue weighted by atomic mass is 10.0. The number of nitrogens with zero attached hydrogens (tertiary/aromatic N) is 3. The minimum Gasteiger partial charge on any atom is -0.339 e. The van der Waals surface area contributed by atoms with Gasteiger partial charge in [-0.1, -0.05) is 30.0 Å². The highest BCUT2D eigenvalue weighted by molar-refractivity contribution is 7.99. The second-order valence-electron chi connectivity index (χ2n) is 6.87. The summed E-state index contributed by atoms with van der Waals surface area (Å²) in [5, 5.41) is 0.971. The fraction of sp³-hybridized carbons (Fsp3) is 0.500. The van der Waals surface area contributed by atoms with Gasteiger partial charge in [-0.25, -0.2) is 4.98 Å². The van der Waals surface area contributed by atoms with E-state index in [0.717, 1.165) is 43.1 Å². The summed E-state index contributed by atoms with van der Waals surface area (Å²) < 4.78 is 2.28. The third kappa shape index (κ3) is 3.47. The predicted molar refractivity (Wildman–Crippen MR) is 101 cm³/mol. The van der Waals surface area contributed by atoms with Crippen molar-refractivity contribution in [3.8, 4) is 5.69 Å². The molecule has 0 saturated heterocycles. The first-order chi connectivity index (χ1) is 12.3. The van der Waals surface area contributed by atoms with Crippen molar-refractivity contribution in [2.45, 2.75) is 56.6 Å². The van der Waals surface area contributed by atoms with E-state index in [1.807, 2.05) is 11.0 Å². The first-order valence-corrected chi connectivity index (χ1v) is 10.3. The van der Waals surface area contributed by atoms with E-state index in [-0.39, 0.29) is 5.91 Å². The number of amides is 1. The summed E-state index contributed by atoms with van der Waals surface area (Å²) in [6.45, 7) is 2.89. The van der Waals surface area contributed by atoms with Crippen molar-refractivity contribution in [1.82, 2.24) is 14.5 Å². The van der Waals surface area contributed by atoms with Crippen LogP contribution >= 0.6 is 11.8 Å². The van der Waals surface area contributed by atoms with Gasteiger partial charge in [0.2, 0.25) is 5.91 Å². The number of para-hydroxylation sites is 1. The first kappa shape index (κ1) is 16.7. The Morgan fingerprint density at radius 1 is 1.24 bits per heavy atom. The largest absolute Gasteiger partial charge is 0.339 e. The Kier molecular flexibility index (Phi) is 4.84. The van der Waals surface area contributed by atoms with Crippen molar-refractivity contribution in [1.29, 1.82) is 0 Å². The molecule has 1 aromatic heterocycles. The van der Waals surface area contributed by atoms with Gasteiger partial charge in [0.15, 0.2) is 5.16 Å². The summed E-state index contributed by atoms with van der Waals surface area (Å²) in [5.74, 6) is 0.725. The zero-order chi connectivity index (χ0) is 17.2. The van der Waals surface area contributed by atoms with Crippen molar-refractivity contribution in [3.05, 3.63) is 41.7 Å². The van der Waals surface area contributed by atoms with Gasteiger partial charge in [0, 0.05) is 24.0 Å². The molecule has 2 aromatic rings. The molecule has 1 amide bonds. The smallest absolute Gasteiger partial charge is 0.233 e. The Morgan fingerprint density at radius 3 is 2.72 bits per heavy atom. The second kappa shape index (κ2) is 7.24. The molecule has 1 heterocycles. The van der Waals surface area contributed by atoms with Gasteiger partial charge < -0.3 is 4.90 Å². The number of carbonyl (C=O) groups is 1. The van der Waals surface area contributed by atoms with Crippen LogP contribution in [-0.4, -0.2) is 38.7 Å². The molecule has 1 aromatic carbocycles. The standard InChI is InChI=1S/C20H25N3OS/c1-2-22(15-12-13-15)19(24)14-25-20-21-17-10-6-7-11-18(17)23(20)16-8-4-3-5-9-16/h3-5,8-9,15H,2,6-7,10-14H2,1H3. The molecule has 1 fully saturated rings. The van der Waals surface area contributed by atoms with E-state index < -0.39 is 0 Å². The normalized spacial score (nSPS) is 16.5. The summed E-state index contributed by atoms with van der Waals surface area (Å²) in [7, 11) is 0. The van der Waals surface area contributed by atoms with Crippen molar-refractivity contribution in [2.75, 3.05) is 12.3 Å². The maximum atomic E-state index is 12.6. The lowest BCUT2D eigenvalue weighted by Crippen LogP contribution is -2.34. The van der Waals surface area contributed by atoms with Gasteiger partial charge in [0.25, 0.3) is 0 Å². The molecule has 2 aliphatic carbocycles. The molecule has 5 heteroatoms. The van der Waals surface area contributed by atoms with Gasteiger partial charge in [-0.2, -0.15) is 0 Å². The number of fused-ring (bicyclic) bond motifs is 1. The topological polar surface area (TPSA) is 38.1 Å². The number of benzene rings is 1. The fourth-order valence-electron chi connectivity index (χ4n) is 3.69. The zero-order valence-electron chi connectivity index (χ0n) is 14.8. The van der Waals surface area contributed by atoms with E-state index in [0.29, 0.717) is 11.8 Å². The number of aromatic nitrogens is 2. The van der Waals surface area contributed by atoms with Crippen molar-refractivity contribution in [2.24, 2.45) is 0 Å². The quantitative estimate of drug-likeness (QED) is 0.739. The van der Waals surface area contributed by atoms with Crippen LogP contribution < -0.4 is 0 Å². The van der Waals surface area contributed by atoms with Crippen LogP contribution in [0.5, 0.6) is 0 Å². The summed E-state index contributed by atoms with van der Waals surface area (Å²) in [6, 6.07) is 10.9. The Morgan fingerprint density at radius 2 is 2.00 bits per heavy atom. The summed E-state index contributed by atoms with van der Waals surface area (Å²) in [4.78, 5) is 19.5. The number of imidazole rings is 1. The lowest BCUT2D eigenvalue weighted by Gasteiger charge is -2.20. The van der Waals surface area contributed by atoms with Crippen LogP contribution in [0.1, 0.15) is 44.0 Å². The van der Waals surface area contributed by atoms with Crippen LogP contribution in [0.2, 0.25) is 0 Å². The fourth-order valence-corrected chi connectivity index (χ4v) is 4.63. The number of thioether (sulfide) groups is 1. The predicted octanol–water partition coefficient (Wildman–Crippen LogP) is 3.85. The molecule has 4 rings (SSSR count). The summed E-state index contributed by atoms with van der Waals surface area (Å²) in [5.41, 5.74) is 3.71. The van der Waals surface area contributed by atoms with Gasteiger partial charge in [-0.3, -0.25) is 9.36 Å². The van der Waals surface area contributed by atoms with Crippen LogP contribution in [0.25, 0.3) is 5.69 Å². The molecule has 0 radical (unpaired) electrons. The average molecular weight is 356 g/mol. The molecule has 0 aliphatic heterocycles. The molecule has 0 unspecified atom stereocenters. The summed E-state index contributed by atoms with van der Waals surface area (Å²) >= 11 is 1.59. The molecule has 0 bridgehead atoms. The minimum absolute atomic E-state index is 0.246. The monoisotopic (exact) mass is 355 g/mol. The number of aryl methyl sites for hydroxylation is 1. The third-order valence-electron chi connectivity index (χ3n) is 5.09. The van der Waals surface area contributed by atoms with Gasteiger partial charge in [0.05, 0.1) is 11.4 Å². The highest BCUT2D eigenvalue weighted by atomic mass is 32.2. The van der Waals surface area contributed by atoms with Gasteiger partial charge in [-0.05, 0) is 57.6 Å². The van der Waals surface area contributed by atoms with E-state index in [4.69, 9.17) is 4.98 Å². The second-order valence-corrected chi connectivity index (χ2v) is 7.81. The Labute approximate surface area is 153 Å². The average Bonchev–Trinajstić information content (AvgIpc) is 3.41. The van der Waals surface area contributed by atoms with E-state index in [1.54, 1.807) is 11.8 Å². The number of rotatable bonds is 6. The van der Waals surface area contributed by atoms with Gasteiger partial charge in [-0.15, -0.1) is 0 Å². The molecule has 0 spiro atoms. The van der Waals surface area contributed by atoms with Crippen molar-refractivity contribution in [3.63, 3.8) is 0 Å². The SMILES string of the molecule is CCN(C(=O)CSc1nc2c(n1-c1ccccc1)CCCC2)C1CC1. The number of carbonyl (C=O) groups excluding carboxylic acids is 1. The van der Waals surface area contributed by atoms with E-state index in [2.05, 4.69) is 35.8 Å².